The van der Waals surface area contributed by atoms with Gasteiger partial charge in [0, 0.05) is 24.4 Å². The van der Waals surface area contributed by atoms with Gasteiger partial charge >= 0.3 is 0 Å². The summed E-state index contributed by atoms with van der Waals surface area (Å²) in [5.74, 6) is 1.50. The molecular formula is C14H16ClN3. The molecule has 0 aliphatic carbocycles. The zero-order valence-corrected chi connectivity index (χ0v) is 11.3. The Morgan fingerprint density at radius 1 is 1.22 bits per heavy atom. The predicted octanol–water partition coefficient (Wildman–Crippen LogP) is 3.79. The van der Waals surface area contributed by atoms with Crippen LogP contribution < -0.4 is 5.32 Å². The molecule has 0 fully saturated rings. The van der Waals surface area contributed by atoms with E-state index in [2.05, 4.69) is 22.2 Å². The molecule has 1 N–H and O–H groups in total. The predicted molar refractivity (Wildman–Crippen MR) is 76.0 cm³/mol. The Balaban J connectivity index is 2.50. The average molecular weight is 262 g/mol. The number of aryl methyl sites for hydroxylation is 1. The highest BCUT2D eigenvalue weighted by molar-refractivity contribution is 6.33. The SMILES string of the molecule is CCCc1cc(NC)nc(-c2ccccc2Cl)n1. The third kappa shape index (κ3) is 2.79. The summed E-state index contributed by atoms with van der Waals surface area (Å²) in [7, 11) is 1.86. The molecule has 0 unspecified atom stereocenters. The van der Waals surface area contributed by atoms with Crippen LogP contribution in [0.25, 0.3) is 11.4 Å². The molecule has 0 amide bonds. The standard InChI is InChI=1S/C14H16ClN3/c1-3-6-10-9-13(16-2)18-14(17-10)11-7-4-5-8-12(11)15/h4-5,7-9H,3,6H2,1-2H3,(H,16,17,18). The van der Waals surface area contributed by atoms with Crippen molar-refractivity contribution in [2.45, 2.75) is 19.8 Å². The van der Waals surface area contributed by atoms with Crippen molar-refractivity contribution < 1.29 is 0 Å². The van der Waals surface area contributed by atoms with Crippen molar-refractivity contribution in [2.75, 3.05) is 12.4 Å². The Labute approximate surface area is 112 Å². The number of aromatic nitrogens is 2. The molecule has 3 nitrogen and oxygen atoms in total. The molecule has 1 aromatic heterocycles. The van der Waals surface area contributed by atoms with Gasteiger partial charge in [0.1, 0.15) is 5.82 Å². The van der Waals surface area contributed by atoms with Crippen LogP contribution in [0.2, 0.25) is 5.02 Å². The molecule has 18 heavy (non-hydrogen) atoms. The number of rotatable bonds is 4. The topological polar surface area (TPSA) is 37.8 Å². The van der Waals surface area contributed by atoms with Crippen LogP contribution in [0.4, 0.5) is 5.82 Å². The highest BCUT2D eigenvalue weighted by Crippen LogP contribution is 2.26. The Morgan fingerprint density at radius 3 is 2.67 bits per heavy atom. The summed E-state index contributed by atoms with van der Waals surface area (Å²) in [6.07, 6.45) is 2.00. The van der Waals surface area contributed by atoms with Gasteiger partial charge in [-0.15, -0.1) is 0 Å². The molecule has 2 aromatic rings. The normalized spacial score (nSPS) is 10.4. The van der Waals surface area contributed by atoms with Gasteiger partial charge in [-0.25, -0.2) is 9.97 Å². The molecule has 4 heteroatoms. The van der Waals surface area contributed by atoms with Gasteiger partial charge in [0.2, 0.25) is 0 Å². The van der Waals surface area contributed by atoms with Gasteiger partial charge in [-0.05, 0) is 18.6 Å². The van der Waals surface area contributed by atoms with Gasteiger partial charge in [0.05, 0.1) is 5.02 Å². The first-order valence-electron chi connectivity index (χ1n) is 6.05. The zero-order valence-electron chi connectivity index (χ0n) is 10.6. The maximum Gasteiger partial charge on any atom is 0.163 e. The minimum absolute atomic E-state index is 0.674. The van der Waals surface area contributed by atoms with Crippen LogP contribution in [0, 0.1) is 0 Å². The van der Waals surface area contributed by atoms with Gasteiger partial charge in [-0.2, -0.15) is 0 Å². The first-order chi connectivity index (χ1) is 8.74. The van der Waals surface area contributed by atoms with Crippen molar-refractivity contribution in [3.63, 3.8) is 0 Å². The minimum atomic E-state index is 0.674. The van der Waals surface area contributed by atoms with E-state index in [1.54, 1.807) is 0 Å². The van der Waals surface area contributed by atoms with Gasteiger partial charge in [-0.1, -0.05) is 37.1 Å². The van der Waals surface area contributed by atoms with E-state index < -0.39 is 0 Å². The Morgan fingerprint density at radius 2 is 2.00 bits per heavy atom. The van der Waals surface area contributed by atoms with Crippen molar-refractivity contribution in [1.29, 1.82) is 0 Å². The van der Waals surface area contributed by atoms with Crippen LogP contribution in [0.5, 0.6) is 0 Å². The lowest BCUT2D eigenvalue weighted by Crippen LogP contribution is -2.01. The van der Waals surface area contributed by atoms with E-state index in [0.29, 0.717) is 10.8 Å². The Bertz CT molecular complexity index is 540. The quantitative estimate of drug-likeness (QED) is 0.910. The van der Waals surface area contributed by atoms with Gasteiger partial charge < -0.3 is 5.32 Å². The molecular weight excluding hydrogens is 246 g/mol. The summed E-state index contributed by atoms with van der Waals surface area (Å²) < 4.78 is 0. The van der Waals surface area contributed by atoms with Crippen LogP contribution in [0.3, 0.4) is 0 Å². The van der Waals surface area contributed by atoms with E-state index in [-0.39, 0.29) is 0 Å². The summed E-state index contributed by atoms with van der Waals surface area (Å²) in [6.45, 7) is 2.14. The van der Waals surface area contributed by atoms with Crippen LogP contribution in [0.15, 0.2) is 30.3 Å². The number of nitrogens with one attached hydrogen (secondary N) is 1. The first kappa shape index (κ1) is 12.8. The van der Waals surface area contributed by atoms with Gasteiger partial charge in [-0.3, -0.25) is 0 Å². The van der Waals surface area contributed by atoms with Crippen molar-refractivity contribution >= 4 is 17.4 Å². The molecule has 0 saturated carbocycles. The lowest BCUT2D eigenvalue weighted by molar-refractivity contribution is 0.876. The summed E-state index contributed by atoms with van der Waals surface area (Å²) >= 11 is 6.18. The smallest absolute Gasteiger partial charge is 0.163 e. The molecule has 0 spiro atoms. The molecule has 2 rings (SSSR count). The fourth-order valence-electron chi connectivity index (χ4n) is 1.77. The van der Waals surface area contributed by atoms with Crippen LogP contribution in [-0.2, 0) is 6.42 Å². The summed E-state index contributed by atoms with van der Waals surface area (Å²) in [4.78, 5) is 9.03. The van der Waals surface area contributed by atoms with Crippen molar-refractivity contribution in [3.8, 4) is 11.4 Å². The van der Waals surface area contributed by atoms with E-state index in [4.69, 9.17) is 11.6 Å². The number of nitrogens with zero attached hydrogens (tertiary/aromatic N) is 2. The second-order valence-electron chi connectivity index (χ2n) is 4.05. The lowest BCUT2D eigenvalue weighted by Gasteiger charge is -2.08. The van der Waals surface area contributed by atoms with E-state index in [1.807, 2.05) is 37.4 Å². The molecule has 0 bridgehead atoms. The first-order valence-corrected chi connectivity index (χ1v) is 6.43. The van der Waals surface area contributed by atoms with E-state index in [0.717, 1.165) is 29.9 Å². The molecule has 0 aliphatic rings. The van der Waals surface area contributed by atoms with Gasteiger partial charge in [0.15, 0.2) is 5.82 Å². The average Bonchev–Trinajstić information content (AvgIpc) is 2.39. The summed E-state index contributed by atoms with van der Waals surface area (Å²) in [5.41, 5.74) is 1.90. The summed E-state index contributed by atoms with van der Waals surface area (Å²) in [6, 6.07) is 9.61. The molecule has 0 radical (unpaired) electrons. The maximum absolute atomic E-state index is 6.18. The monoisotopic (exact) mass is 261 g/mol. The number of hydrogen-bond acceptors (Lipinski definition) is 3. The number of hydrogen-bond donors (Lipinski definition) is 1. The highest BCUT2D eigenvalue weighted by Gasteiger charge is 2.08. The minimum Gasteiger partial charge on any atom is -0.373 e. The van der Waals surface area contributed by atoms with E-state index in [9.17, 15) is 0 Å². The van der Waals surface area contributed by atoms with Crippen LogP contribution in [-0.4, -0.2) is 17.0 Å². The van der Waals surface area contributed by atoms with Crippen molar-refractivity contribution in [2.24, 2.45) is 0 Å². The third-order valence-corrected chi connectivity index (χ3v) is 2.99. The molecule has 1 aromatic carbocycles. The molecule has 0 atom stereocenters. The zero-order chi connectivity index (χ0) is 13.0. The van der Waals surface area contributed by atoms with Crippen LogP contribution in [0.1, 0.15) is 19.0 Å². The lowest BCUT2D eigenvalue weighted by atomic mass is 10.2. The number of benzene rings is 1. The second kappa shape index (κ2) is 5.83. The molecule has 0 aliphatic heterocycles. The van der Waals surface area contributed by atoms with Gasteiger partial charge in [0.25, 0.3) is 0 Å². The van der Waals surface area contributed by atoms with Crippen molar-refractivity contribution in [1.82, 2.24) is 9.97 Å². The van der Waals surface area contributed by atoms with E-state index in [1.165, 1.54) is 0 Å². The van der Waals surface area contributed by atoms with Crippen molar-refractivity contribution in [3.05, 3.63) is 41.0 Å². The fraction of sp³-hybridized carbons (Fsp3) is 0.286. The summed E-state index contributed by atoms with van der Waals surface area (Å²) in [5, 5.41) is 3.74. The largest absolute Gasteiger partial charge is 0.373 e. The maximum atomic E-state index is 6.18. The molecule has 94 valence electrons. The number of halogens is 1. The Kier molecular flexibility index (Phi) is 4.15. The number of anilines is 1. The highest BCUT2D eigenvalue weighted by atomic mass is 35.5. The second-order valence-corrected chi connectivity index (χ2v) is 4.46. The van der Waals surface area contributed by atoms with E-state index >= 15 is 0 Å². The fourth-order valence-corrected chi connectivity index (χ4v) is 1.99. The third-order valence-electron chi connectivity index (χ3n) is 2.66. The van der Waals surface area contributed by atoms with Crippen LogP contribution >= 0.6 is 11.6 Å². The molecule has 0 saturated heterocycles. The Hall–Kier alpha value is -1.61. The molecule has 1 heterocycles.